The van der Waals surface area contributed by atoms with Crippen molar-refractivity contribution in [2.45, 2.75) is 70.9 Å². The minimum absolute atomic E-state index is 0.126. The van der Waals surface area contributed by atoms with Gasteiger partial charge >= 0.3 is 0 Å². The van der Waals surface area contributed by atoms with Crippen LogP contribution in [0.15, 0.2) is 46.9 Å². The Kier molecular flexibility index (Phi) is 7.54. The fourth-order valence-electron chi connectivity index (χ4n) is 5.85. The van der Waals surface area contributed by atoms with Gasteiger partial charge in [0.05, 0.1) is 0 Å². The van der Waals surface area contributed by atoms with Crippen molar-refractivity contribution in [3.8, 4) is 0 Å². The zero-order valence-corrected chi connectivity index (χ0v) is 21.0. The summed E-state index contributed by atoms with van der Waals surface area (Å²) in [6, 6.07) is 12.8. The molecule has 3 unspecified atom stereocenters. The SMILES string of the molecule is CC(C)N1CC2(CCCCC(C(=O)Nc3cc(F)cc(F)c3)CCC2)C1c1ccc(Br)cc1. The van der Waals surface area contributed by atoms with Crippen LogP contribution in [0.4, 0.5) is 14.5 Å². The summed E-state index contributed by atoms with van der Waals surface area (Å²) in [5, 5.41) is 2.74. The molecule has 1 amide bonds. The van der Waals surface area contributed by atoms with E-state index < -0.39 is 11.6 Å². The minimum Gasteiger partial charge on any atom is -0.326 e. The van der Waals surface area contributed by atoms with Gasteiger partial charge in [-0.2, -0.15) is 0 Å². The van der Waals surface area contributed by atoms with E-state index in [-0.39, 0.29) is 22.9 Å². The van der Waals surface area contributed by atoms with E-state index in [2.05, 4.69) is 64.3 Å². The molecule has 1 aliphatic carbocycles. The van der Waals surface area contributed by atoms with Crippen molar-refractivity contribution in [3.05, 3.63) is 64.1 Å². The molecule has 1 saturated carbocycles. The number of nitrogens with zero attached hydrogens (tertiary/aromatic N) is 1. The van der Waals surface area contributed by atoms with Crippen LogP contribution in [-0.4, -0.2) is 23.4 Å². The number of carbonyl (C=O) groups is 1. The molecule has 3 atom stereocenters. The fourth-order valence-corrected chi connectivity index (χ4v) is 6.12. The van der Waals surface area contributed by atoms with Crippen molar-refractivity contribution in [2.24, 2.45) is 11.3 Å². The van der Waals surface area contributed by atoms with E-state index in [0.717, 1.165) is 55.6 Å². The smallest absolute Gasteiger partial charge is 0.227 e. The molecular weight excluding hydrogens is 486 g/mol. The van der Waals surface area contributed by atoms with E-state index in [0.29, 0.717) is 12.1 Å². The summed E-state index contributed by atoms with van der Waals surface area (Å²) < 4.78 is 28.1. The number of halogens is 3. The van der Waals surface area contributed by atoms with Crippen LogP contribution >= 0.6 is 15.9 Å². The molecule has 2 aromatic carbocycles. The fraction of sp³-hybridized carbons (Fsp3) is 0.519. The molecule has 1 N–H and O–H groups in total. The van der Waals surface area contributed by atoms with E-state index in [1.165, 1.54) is 24.1 Å². The molecule has 4 rings (SSSR count). The minimum atomic E-state index is -0.680. The Morgan fingerprint density at radius 2 is 1.67 bits per heavy atom. The zero-order valence-electron chi connectivity index (χ0n) is 19.4. The average Bonchev–Trinajstić information content (AvgIpc) is 2.84. The first kappa shape index (κ1) is 24.3. The lowest BCUT2D eigenvalue weighted by Crippen LogP contribution is -2.60. The summed E-state index contributed by atoms with van der Waals surface area (Å²) in [5.74, 6) is -1.61. The molecule has 6 heteroatoms. The van der Waals surface area contributed by atoms with Gasteiger partial charge in [-0.25, -0.2) is 8.78 Å². The number of nitrogens with one attached hydrogen (secondary N) is 1. The molecule has 1 spiro atoms. The van der Waals surface area contributed by atoms with Gasteiger partial charge in [0.1, 0.15) is 11.6 Å². The molecule has 2 fully saturated rings. The van der Waals surface area contributed by atoms with Gasteiger partial charge in [-0.1, -0.05) is 47.3 Å². The van der Waals surface area contributed by atoms with Gasteiger partial charge in [-0.15, -0.1) is 0 Å². The number of carbonyl (C=O) groups excluding carboxylic acids is 1. The number of likely N-dealkylation sites (tertiary alicyclic amines) is 1. The number of amides is 1. The van der Waals surface area contributed by atoms with Gasteiger partial charge in [0.25, 0.3) is 0 Å². The summed E-state index contributed by atoms with van der Waals surface area (Å²) in [4.78, 5) is 15.5. The van der Waals surface area contributed by atoms with Crippen molar-refractivity contribution in [1.29, 1.82) is 0 Å². The lowest BCUT2D eigenvalue weighted by molar-refractivity contribution is -0.120. The highest BCUT2D eigenvalue weighted by molar-refractivity contribution is 9.10. The highest BCUT2D eigenvalue weighted by Gasteiger charge is 2.52. The van der Waals surface area contributed by atoms with Gasteiger partial charge in [-0.05, 0) is 69.4 Å². The predicted molar refractivity (Wildman–Crippen MR) is 132 cm³/mol. The van der Waals surface area contributed by atoms with Crippen LogP contribution in [0.2, 0.25) is 0 Å². The number of rotatable bonds is 4. The highest BCUT2D eigenvalue weighted by atomic mass is 79.9. The van der Waals surface area contributed by atoms with Crippen LogP contribution in [0.5, 0.6) is 0 Å². The largest absolute Gasteiger partial charge is 0.326 e. The second-order valence-electron chi connectivity index (χ2n) is 10.1. The van der Waals surface area contributed by atoms with E-state index in [4.69, 9.17) is 0 Å². The van der Waals surface area contributed by atoms with Crippen LogP contribution in [0.25, 0.3) is 0 Å². The molecule has 1 heterocycles. The molecular formula is C27H33BrF2N2O. The predicted octanol–water partition coefficient (Wildman–Crippen LogP) is 7.48. The van der Waals surface area contributed by atoms with Gasteiger partial charge < -0.3 is 5.32 Å². The van der Waals surface area contributed by atoms with Crippen LogP contribution < -0.4 is 5.32 Å². The van der Waals surface area contributed by atoms with Crippen molar-refractivity contribution < 1.29 is 13.6 Å². The van der Waals surface area contributed by atoms with E-state index in [9.17, 15) is 13.6 Å². The Morgan fingerprint density at radius 1 is 1.03 bits per heavy atom. The topological polar surface area (TPSA) is 32.3 Å². The van der Waals surface area contributed by atoms with Crippen molar-refractivity contribution in [1.82, 2.24) is 4.90 Å². The van der Waals surface area contributed by atoms with Gasteiger partial charge in [0, 0.05) is 46.2 Å². The summed E-state index contributed by atoms with van der Waals surface area (Å²) in [6.45, 7) is 5.64. The Labute approximate surface area is 204 Å². The second-order valence-corrected chi connectivity index (χ2v) is 11.0. The lowest BCUT2D eigenvalue weighted by Gasteiger charge is -2.60. The molecule has 0 aromatic heterocycles. The quantitative estimate of drug-likeness (QED) is 0.454. The van der Waals surface area contributed by atoms with Crippen molar-refractivity contribution in [2.75, 3.05) is 11.9 Å². The first-order valence-corrected chi connectivity index (χ1v) is 12.8. The Morgan fingerprint density at radius 3 is 2.33 bits per heavy atom. The average molecular weight is 519 g/mol. The molecule has 0 radical (unpaired) electrons. The van der Waals surface area contributed by atoms with Crippen LogP contribution in [-0.2, 0) is 4.79 Å². The normalized spacial score (nSPS) is 26.4. The van der Waals surface area contributed by atoms with Crippen LogP contribution in [0, 0.1) is 23.0 Å². The zero-order chi connectivity index (χ0) is 23.6. The van der Waals surface area contributed by atoms with Gasteiger partial charge in [-0.3, -0.25) is 9.69 Å². The van der Waals surface area contributed by atoms with E-state index in [1.807, 2.05) is 0 Å². The summed E-state index contributed by atoms with van der Waals surface area (Å²) in [6.07, 6.45) is 6.95. The number of hydrogen-bond donors (Lipinski definition) is 1. The molecule has 1 aliphatic heterocycles. The third-order valence-electron chi connectivity index (χ3n) is 7.46. The first-order chi connectivity index (χ1) is 15.8. The molecule has 178 valence electrons. The lowest BCUT2D eigenvalue weighted by atomic mass is 9.63. The van der Waals surface area contributed by atoms with Crippen LogP contribution in [0.1, 0.15) is 70.4 Å². The maximum absolute atomic E-state index is 13.5. The number of benzene rings is 2. The maximum Gasteiger partial charge on any atom is 0.227 e. The van der Waals surface area contributed by atoms with Gasteiger partial charge in [0.2, 0.25) is 5.91 Å². The molecule has 3 nitrogen and oxygen atoms in total. The molecule has 1 saturated heterocycles. The van der Waals surface area contributed by atoms with E-state index in [1.54, 1.807) is 0 Å². The maximum atomic E-state index is 13.5. The summed E-state index contributed by atoms with van der Waals surface area (Å²) in [7, 11) is 0. The number of anilines is 1. The standard InChI is InChI=1S/C27H33BrF2N2O/c1-18(2)32-17-27(25(32)19-8-10-21(28)11-9-19)12-4-3-6-20(7-5-13-27)26(33)31-24-15-22(29)14-23(30)16-24/h8-11,14-16,18,20,25H,3-7,12-13,17H2,1-2H3,(H,31,33). The second kappa shape index (κ2) is 10.2. The Hall–Kier alpha value is -1.79. The molecule has 2 aromatic rings. The van der Waals surface area contributed by atoms with E-state index >= 15 is 0 Å². The molecule has 2 aliphatic rings. The first-order valence-electron chi connectivity index (χ1n) is 12.1. The molecule has 33 heavy (non-hydrogen) atoms. The number of hydrogen-bond acceptors (Lipinski definition) is 2. The highest BCUT2D eigenvalue weighted by Crippen LogP contribution is 2.56. The monoisotopic (exact) mass is 518 g/mol. The Balaban J connectivity index is 1.45. The third-order valence-corrected chi connectivity index (χ3v) is 7.99. The Bertz CT molecular complexity index is 960. The summed E-state index contributed by atoms with van der Waals surface area (Å²) in [5.41, 5.74) is 1.81. The third kappa shape index (κ3) is 5.48. The van der Waals surface area contributed by atoms with Crippen molar-refractivity contribution >= 4 is 27.5 Å². The van der Waals surface area contributed by atoms with Crippen molar-refractivity contribution in [3.63, 3.8) is 0 Å². The van der Waals surface area contributed by atoms with Crippen LogP contribution in [0.3, 0.4) is 0 Å². The van der Waals surface area contributed by atoms with Gasteiger partial charge in [0.15, 0.2) is 0 Å². The summed E-state index contributed by atoms with van der Waals surface area (Å²) >= 11 is 3.56. The molecule has 0 bridgehead atoms.